The highest BCUT2D eigenvalue weighted by Crippen LogP contribution is 2.48. The summed E-state index contributed by atoms with van der Waals surface area (Å²) in [5.41, 5.74) is -0.848. The van der Waals surface area contributed by atoms with Crippen LogP contribution in [0.2, 0.25) is 5.02 Å². The number of piperidine rings is 1. The summed E-state index contributed by atoms with van der Waals surface area (Å²) >= 11 is 6.09. The quantitative estimate of drug-likeness (QED) is 0.246. The summed E-state index contributed by atoms with van der Waals surface area (Å²) in [4.78, 5) is 27.5. The molecule has 2 aromatic carbocycles. The molecule has 2 aromatic rings. The van der Waals surface area contributed by atoms with E-state index < -0.39 is 26.3 Å². The van der Waals surface area contributed by atoms with Crippen LogP contribution >= 0.6 is 11.6 Å². The molecule has 1 saturated carbocycles. The van der Waals surface area contributed by atoms with Gasteiger partial charge in [0.15, 0.2) is 9.84 Å². The molecule has 0 unspecified atom stereocenters. The Bertz CT molecular complexity index is 1500. The van der Waals surface area contributed by atoms with Crippen LogP contribution in [-0.4, -0.2) is 61.7 Å². The number of hydrogen-bond donors (Lipinski definition) is 2. The molecule has 0 radical (unpaired) electrons. The van der Waals surface area contributed by atoms with E-state index in [2.05, 4.69) is 20.5 Å². The third-order valence-corrected chi connectivity index (χ3v) is 11.2. The Morgan fingerprint density at radius 3 is 1.87 bits per heavy atom. The van der Waals surface area contributed by atoms with Gasteiger partial charge < -0.3 is 15.5 Å². The lowest BCUT2D eigenvalue weighted by Crippen LogP contribution is -2.54. The van der Waals surface area contributed by atoms with Gasteiger partial charge in [-0.05, 0) is 122 Å². The number of urea groups is 1. The van der Waals surface area contributed by atoms with Gasteiger partial charge in [-0.3, -0.25) is 0 Å². The maximum atomic E-state index is 14.1. The Balaban J connectivity index is 0.000000771. The predicted octanol–water partition coefficient (Wildman–Crippen LogP) is 7.65. The van der Waals surface area contributed by atoms with E-state index in [9.17, 15) is 31.2 Å². The lowest BCUT2D eigenvalue weighted by molar-refractivity contribution is -0.137. The van der Waals surface area contributed by atoms with Gasteiger partial charge >= 0.3 is 12.2 Å². The van der Waals surface area contributed by atoms with E-state index in [1.165, 1.54) is 6.08 Å². The molecule has 1 heterocycles. The van der Waals surface area contributed by atoms with Gasteiger partial charge in [-0.15, -0.1) is 0 Å². The number of aliphatic imine (C=N–C) groups is 1. The molecule has 2 amide bonds. The number of hydrogen-bond acceptors (Lipinski definition) is 6. The molecule has 0 aromatic heterocycles. The number of rotatable bonds is 5. The van der Waals surface area contributed by atoms with Crippen molar-refractivity contribution in [3.63, 3.8) is 0 Å². The molecule has 47 heavy (non-hydrogen) atoms. The Morgan fingerprint density at radius 2 is 1.45 bits per heavy atom. The van der Waals surface area contributed by atoms with Crippen molar-refractivity contribution in [1.29, 1.82) is 0 Å². The number of nitrogens with zero attached hydrogens (tertiary/aromatic N) is 2. The standard InChI is InChI=1S/C29H37ClF3N3O3S.C5H9NO/c1-27(2,3)35-26(37)34-23-14-18-36(19-15-23)24-12-16-28(17-13-24,20-4-8-22(30)9-5-20)40(38,39)25-10-6-21(7-11-25)29(31,32)33;1-5(2,3)6-4-7/h4-11,23-24H,12-19H2,1-3H3,(H2,34,35,37);1-3H3/t24-,28-;. The van der Waals surface area contributed by atoms with E-state index >= 15 is 0 Å². The van der Waals surface area contributed by atoms with Gasteiger partial charge in [0.05, 0.1) is 16.0 Å². The number of sulfone groups is 1. The van der Waals surface area contributed by atoms with Gasteiger partial charge in [0.1, 0.15) is 4.75 Å². The van der Waals surface area contributed by atoms with E-state index in [0.29, 0.717) is 36.3 Å². The maximum Gasteiger partial charge on any atom is 0.416 e. The first-order valence-electron chi connectivity index (χ1n) is 15.8. The van der Waals surface area contributed by atoms with Crippen LogP contribution in [0.5, 0.6) is 0 Å². The van der Waals surface area contributed by atoms with Crippen molar-refractivity contribution in [2.45, 2.75) is 119 Å². The largest absolute Gasteiger partial charge is 0.416 e. The van der Waals surface area contributed by atoms with Crippen LogP contribution in [-0.2, 0) is 25.6 Å². The zero-order valence-corrected chi connectivity index (χ0v) is 29.5. The Hall–Kier alpha value is -2.92. The van der Waals surface area contributed by atoms with Gasteiger partial charge in [0.2, 0.25) is 6.08 Å². The summed E-state index contributed by atoms with van der Waals surface area (Å²) < 4.78 is 66.3. The van der Waals surface area contributed by atoms with Gasteiger partial charge in [-0.25, -0.2) is 23.0 Å². The Kier molecular flexibility index (Phi) is 12.4. The molecular weight excluding hydrogens is 653 g/mol. The van der Waals surface area contributed by atoms with Gasteiger partial charge in [-0.1, -0.05) is 23.7 Å². The van der Waals surface area contributed by atoms with Crippen molar-refractivity contribution in [1.82, 2.24) is 15.5 Å². The van der Waals surface area contributed by atoms with Crippen molar-refractivity contribution >= 4 is 33.5 Å². The average Bonchev–Trinajstić information content (AvgIpc) is 2.96. The number of isocyanates is 1. The highest BCUT2D eigenvalue weighted by atomic mass is 35.5. The second-order valence-corrected chi connectivity index (χ2v) is 17.0. The van der Waals surface area contributed by atoms with E-state index in [0.717, 1.165) is 50.2 Å². The predicted molar refractivity (Wildman–Crippen MR) is 178 cm³/mol. The zero-order chi connectivity index (χ0) is 35.3. The molecular formula is C34H46ClF3N4O4S. The number of carbonyl (C=O) groups excluding carboxylic acids is 2. The van der Waals surface area contributed by atoms with Crippen LogP contribution in [0.1, 0.15) is 91.2 Å². The van der Waals surface area contributed by atoms with Crippen molar-refractivity contribution in [2.24, 2.45) is 4.99 Å². The van der Waals surface area contributed by atoms with Crippen LogP contribution in [0.3, 0.4) is 0 Å². The number of nitrogens with one attached hydrogen (secondary N) is 2. The van der Waals surface area contributed by atoms with Crippen molar-refractivity contribution in [2.75, 3.05) is 13.1 Å². The summed E-state index contributed by atoms with van der Waals surface area (Å²) in [6.45, 7) is 12.9. The van der Waals surface area contributed by atoms with Crippen LogP contribution in [0.4, 0.5) is 18.0 Å². The monoisotopic (exact) mass is 698 g/mol. The van der Waals surface area contributed by atoms with E-state index in [1.54, 1.807) is 24.3 Å². The van der Waals surface area contributed by atoms with Crippen molar-refractivity contribution in [3.8, 4) is 0 Å². The third-order valence-electron chi connectivity index (χ3n) is 8.39. The normalized spacial score (nSPS) is 21.5. The fraction of sp³-hybridized carbons (Fsp3) is 0.588. The van der Waals surface area contributed by atoms with E-state index in [4.69, 9.17) is 11.6 Å². The van der Waals surface area contributed by atoms with E-state index in [1.807, 2.05) is 41.5 Å². The van der Waals surface area contributed by atoms with Crippen LogP contribution in [0.25, 0.3) is 0 Å². The molecule has 0 bridgehead atoms. The summed E-state index contributed by atoms with van der Waals surface area (Å²) in [5, 5.41) is 6.45. The second-order valence-electron chi connectivity index (χ2n) is 14.3. The second kappa shape index (κ2) is 15.1. The molecule has 2 fully saturated rings. The SMILES string of the molecule is CC(C)(C)N=C=O.CC(C)(C)NC(=O)NC1CCN([C@H]2CC[C@](c3ccc(Cl)cc3)(S(=O)(=O)c3ccc(C(F)(F)F)cc3)CC2)CC1. The first kappa shape index (κ1) is 38.5. The van der Waals surface area contributed by atoms with Crippen molar-refractivity contribution in [3.05, 3.63) is 64.7 Å². The summed E-state index contributed by atoms with van der Waals surface area (Å²) in [6, 6.07) is 10.6. The molecule has 8 nitrogen and oxygen atoms in total. The smallest absolute Gasteiger partial charge is 0.335 e. The van der Waals surface area contributed by atoms with Crippen molar-refractivity contribution < 1.29 is 31.2 Å². The highest BCUT2D eigenvalue weighted by Gasteiger charge is 2.49. The number of likely N-dealkylation sites (tertiary alicyclic amines) is 1. The summed E-state index contributed by atoms with van der Waals surface area (Å²) in [5.74, 6) is 0. The fourth-order valence-electron chi connectivity index (χ4n) is 6.06. The summed E-state index contributed by atoms with van der Waals surface area (Å²) in [6.07, 6.45) is 0.490. The number of alkyl halides is 3. The van der Waals surface area contributed by atoms with Gasteiger partial charge in [0.25, 0.3) is 0 Å². The lowest BCUT2D eigenvalue weighted by atomic mass is 9.80. The van der Waals surface area contributed by atoms with Crippen LogP contribution in [0.15, 0.2) is 58.4 Å². The molecule has 1 aliphatic heterocycles. The highest BCUT2D eigenvalue weighted by molar-refractivity contribution is 7.92. The molecule has 4 rings (SSSR count). The molecule has 2 N–H and O–H groups in total. The fourth-order valence-corrected chi connectivity index (χ4v) is 8.35. The number of benzene rings is 2. The van der Waals surface area contributed by atoms with Gasteiger partial charge in [-0.2, -0.15) is 13.2 Å². The zero-order valence-electron chi connectivity index (χ0n) is 27.9. The first-order valence-corrected chi connectivity index (χ1v) is 17.6. The number of carbonyl (C=O) groups is 1. The van der Waals surface area contributed by atoms with Crippen LogP contribution < -0.4 is 10.6 Å². The molecule has 1 saturated heterocycles. The van der Waals surface area contributed by atoms with E-state index in [-0.39, 0.29) is 34.1 Å². The number of halogens is 4. The molecule has 0 spiro atoms. The third kappa shape index (κ3) is 10.5. The molecule has 0 atom stereocenters. The molecule has 1 aliphatic carbocycles. The molecule has 2 aliphatic rings. The van der Waals surface area contributed by atoms with Crippen LogP contribution in [0, 0.1) is 0 Å². The lowest BCUT2D eigenvalue weighted by Gasteiger charge is -2.45. The first-order chi connectivity index (χ1) is 21.7. The molecule has 260 valence electrons. The number of amides is 2. The summed E-state index contributed by atoms with van der Waals surface area (Å²) in [7, 11) is -4.03. The maximum absolute atomic E-state index is 14.1. The minimum absolute atomic E-state index is 0.0791. The van der Waals surface area contributed by atoms with Gasteiger partial charge in [0, 0.05) is 35.7 Å². The average molecular weight is 699 g/mol. The Morgan fingerprint density at radius 1 is 0.915 bits per heavy atom. The minimum Gasteiger partial charge on any atom is -0.335 e. The topological polar surface area (TPSA) is 108 Å². The Labute approximate surface area is 281 Å². The minimum atomic E-state index is -4.55. The molecule has 13 heteroatoms.